The van der Waals surface area contributed by atoms with E-state index in [4.69, 9.17) is 0 Å². The van der Waals surface area contributed by atoms with Gasteiger partial charge in [-0.25, -0.2) is 17.2 Å². The van der Waals surface area contributed by atoms with Crippen molar-refractivity contribution < 1.29 is 22.0 Å². The molecule has 0 bridgehead atoms. The molecule has 0 fully saturated rings. The van der Waals surface area contributed by atoms with Crippen LogP contribution in [0.2, 0.25) is 0 Å². The molecule has 31 heavy (non-hydrogen) atoms. The maximum Gasteiger partial charge on any atom is 0.264 e. The molecule has 0 unspecified atom stereocenters. The van der Waals surface area contributed by atoms with E-state index in [1.54, 1.807) is 23.9 Å². The highest BCUT2D eigenvalue weighted by molar-refractivity contribution is 7.99. The van der Waals surface area contributed by atoms with E-state index in [0.717, 1.165) is 51.4 Å². The number of anilines is 2. The van der Waals surface area contributed by atoms with Crippen LogP contribution >= 0.6 is 11.8 Å². The van der Waals surface area contributed by atoms with E-state index in [9.17, 15) is 22.0 Å². The molecule has 0 spiro atoms. The van der Waals surface area contributed by atoms with Crippen molar-refractivity contribution in [3.8, 4) is 0 Å². The fourth-order valence-electron chi connectivity index (χ4n) is 2.83. The Morgan fingerprint density at radius 1 is 0.935 bits per heavy atom. The van der Waals surface area contributed by atoms with Gasteiger partial charge in [0.15, 0.2) is 0 Å². The average molecular weight is 463 g/mol. The first-order chi connectivity index (χ1) is 14.8. The molecular formula is C22H20F2N2O3S2. The van der Waals surface area contributed by atoms with Crippen LogP contribution in [0.4, 0.5) is 20.2 Å². The Bertz CT molecular complexity index is 1150. The summed E-state index contributed by atoms with van der Waals surface area (Å²) in [4.78, 5) is 13.5. The topological polar surface area (TPSA) is 66.5 Å². The quantitative estimate of drug-likeness (QED) is 0.483. The number of halogens is 2. The lowest BCUT2D eigenvalue weighted by Gasteiger charge is -2.24. The number of hydrogen-bond acceptors (Lipinski definition) is 4. The van der Waals surface area contributed by atoms with Crippen LogP contribution in [0.25, 0.3) is 0 Å². The van der Waals surface area contributed by atoms with E-state index in [-0.39, 0.29) is 10.6 Å². The van der Waals surface area contributed by atoms with Gasteiger partial charge in [-0.2, -0.15) is 0 Å². The predicted molar refractivity (Wildman–Crippen MR) is 119 cm³/mol. The Kier molecular flexibility index (Phi) is 7.29. The molecule has 3 aromatic rings. The van der Waals surface area contributed by atoms with Crippen molar-refractivity contribution in [1.82, 2.24) is 0 Å². The van der Waals surface area contributed by atoms with E-state index in [1.165, 1.54) is 12.1 Å². The van der Waals surface area contributed by atoms with Gasteiger partial charge in [-0.15, -0.1) is 11.8 Å². The highest BCUT2D eigenvalue weighted by Crippen LogP contribution is 2.28. The van der Waals surface area contributed by atoms with E-state index in [1.807, 2.05) is 19.1 Å². The molecule has 0 saturated heterocycles. The lowest BCUT2D eigenvalue weighted by atomic mass is 10.3. The zero-order valence-corrected chi connectivity index (χ0v) is 18.2. The summed E-state index contributed by atoms with van der Waals surface area (Å²) in [6.07, 6.45) is 0. The highest BCUT2D eigenvalue weighted by Gasteiger charge is 2.27. The number of nitrogens with one attached hydrogen (secondary N) is 1. The summed E-state index contributed by atoms with van der Waals surface area (Å²) in [5.41, 5.74) is 0.676. The summed E-state index contributed by atoms with van der Waals surface area (Å²) in [7, 11) is -4.21. The van der Waals surface area contributed by atoms with Gasteiger partial charge < -0.3 is 5.32 Å². The zero-order chi connectivity index (χ0) is 22.4. The monoisotopic (exact) mass is 462 g/mol. The minimum absolute atomic E-state index is 0.108. The van der Waals surface area contributed by atoms with Crippen molar-refractivity contribution in [3.05, 3.63) is 84.4 Å². The average Bonchev–Trinajstić information content (AvgIpc) is 2.75. The summed E-state index contributed by atoms with van der Waals surface area (Å²) in [5.74, 6) is -0.903. The molecule has 162 valence electrons. The van der Waals surface area contributed by atoms with Crippen LogP contribution in [0.5, 0.6) is 0 Å². The highest BCUT2D eigenvalue weighted by atomic mass is 32.2. The van der Waals surface area contributed by atoms with Gasteiger partial charge in [0.05, 0.1) is 16.3 Å². The zero-order valence-electron chi connectivity index (χ0n) is 16.6. The lowest BCUT2D eigenvalue weighted by molar-refractivity contribution is -0.114. The van der Waals surface area contributed by atoms with Crippen LogP contribution < -0.4 is 9.62 Å². The Balaban J connectivity index is 1.93. The lowest BCUT2D eigenvalue weighted by Crippen LogP contribution is -2.38. The van der Waals surface area contributed by atoms with Crippen LogP contribution in [0.15, 0.2) is 82.6 Å². The second-order valence-electron chi connectivity index (χ2n) is 6.42. The number of carbonyl (C=O) groups excluding carboxylic acids is 1. The van der Waals surface area contributed by atoms with Crippen molar-refractivity contribution in [2.75, 3.05) is 21.9 Å². The Labute approximate surface area is 184 Å². The molecule has 0 saturated carbocycles. The number of thioether (sulfide) groups is 1. The van der Waals surface area contributed by atoms with Crippen LogP contribution in [-0.2, 0) is 14.8 Å². The molecular weight excluding hydrogens is 442 g/mol. The van der Waals surface area contributed by atoms with Gasteiger partial charge in [0, 0.05) is 4.90 Å². The Morgan fingerprint density at radius 3 is 2.13 bits per heavy atom. The first kappa shape index (κ1) is 22.8. The predicted octanol–water partition coefficient (Wildman–Crippen LogP) is 4.91. The fraction of sp³-hybridized carbons (Fsp3) is 0.136. The molecule has 0 radical (unpaired) electrons. The molecule has 0 aliphatic rings. The summed E-state index contributed by atoms with van der Waals surface area (Å²) >= 11 is 1.54. The van der Waals surface area contributed by atoms with E-state index >= 15 is 0 Å². The molecule has 3 aromatic carbocycles. The molecule has 0 aromatic heterocycles. The van der Waals surface area contributed by atoms with Crippen molar-refractivity contribution in [3.63, 3.8) is 0 Å². The maximum absolute atomic E-state index is 13.4. The molecule has 0 aliphatic heterocycles. The Hall–Kier alpha value is -2.91. The minimum atomic E-state index is -4.21. The summed E-state index contributed by atoms with van der Waals surface area (Å²) in [6.45, 7) is 1.44. The van der Waals surface area contributed by atoms with Crippen molar-refractivity contribution in [2.24, 2.45) is 0 Å². The van der Waals surface area contributed by atoms with Gasteiger partial charge in [-0.3, -0.25) is 9.10 Å². The third-order valence-electron chi connectivity index (χ3n) is 4.26. The third kappa shape index (κ3) is 5.62. The molecule has 3 rings (SSSR count). The number of para-hydroxylation sites is 1. The second-order valence-corrected chi connectivity index (χ2v) is 9.59. The van der Waals surface area contributed by atoms with E-state index in [2.05, 4.69) is 5.32 Å². The van der Waals surface area contributed by atoms with Gasteiger partial charge in [0.2, 0.25) is 5.91 Å². The molecule has 9 heteroatoms. The van der Waals surface area contributed by atoms with Gasteiger partial charge in [0.1, 0.15) is 18.2 Å². The van der Waals surface area contributed by atoms with E-state index in [0.29, 0.717) is 5.69 Å². The summed E-state index contributed by atoms with van der Waals surface area (Å²) < 4.78 is 54.0. The number of nitrogens with zero attached hydrogens (tertiary/aromatic N) is 1. The molecule has 0 heterocycles. The van der Waals surface area contributed by atoms with Crippen LogP contribution in [-0.4, -0.2) is 26.6 Å². The van der Waals surface area contributed by atoms with Crippen molar-refractivity contribution in [1.29, 1.82) is 0 Å². The number of amides is 1. The summed E-state index contributed by atoms with van der Waals surface area (Å²) in [5, 5.41) is 2.74. The van der Waals surface area contributed by atoms with Crippen molar-refractivity contribution in [2.45, 2.75) is 16.7 Å². The third-order valence-corrected chi connectivity index (χ3v) is 7.01. The maximum atomic E-state index is 13.4. The SMILES string of the molecule is CCSc1ccccc1NC(=O)CN(c1ccc(F)cc1)S(=O)(=O)c1ccc(F)cc1. The molecule has 1 amide bonds. The largest absolute Gasteiger partial charge is 0.323 e. The Morgan fingerprint density at radius 2 is 1.52 bits per heavy atom. The van der Waals surface area contributed by atoms with Crippen LogP contribution in [0, 0.1) is 11.6 Å². The smallest absolute Gasteiger partial charge is 0.264 e. The first-order valence-corrected chi connectivity index (χ1v) is 11.8. The number of rotatable bonds is 8. The standard InChI is InChI=1S/C22H20F2N2O3S2/c1-2-30-21-6-4-3-5-20(21)25-22(27)15-26(18-11-7-16(23)8-12-18)31(28,29)19-13-9-17(24)10-14-19/h3-14H,2,15H2,1H3,(H,25,27). The van der Waals surface area contributed by atoms with Gasteiger partial charge in [-0.05, 0) is 66.4 Å². The normalized spacial score (nSPS) is 11.2. The van der Waals surface area contributed by atoms with Crippen LogP contribution in [0.3, 0.4) is 0 Å². The molecule has 0 atom stereocenters. The van der Waals surface area contributed by atoms with Gasteiger partial charge >= 0.3 is 0 Å². The van der Waals surface area contributed by atoms with Gasteiger partial charge in [0.25, 0.3) is 10.0 Å². The molecule has 5 nitrogen and oxygen atoms in total. The second kappa shape index (κ2) is 9.93. The molecule has 1 N–H and O–H groups in total. The first-order valence-electron chi connectivity index (χ1n) is 9.37. The van der Waals surface area contributed by atoms with Crippen molar-refractivity contribution >= 4 is 39.1 Å². The molecule has 0 aliphatic carbocycles. The number of sulfonamides is 1. The number of benzene rings is 3. The van der Waals surface area contributed by atoms with Crippen LogP contribution in [0.1, 0.15) is 6.92 Å². The number of carbonyl (C=O) groups is 1. The van der Waals surface area contributed by atoms with E-state index < -0.39 is 34.1 Å². The fourth-order valence-corrected chi connectivity index (χ4v) is 5.01. The minimum Gasteiger partial charge on any atom is -0.323 e. The number of hydrogen-bond donors (Lipinski definition) is 1. The summed E-state index contributed by atoms with van der Waals surface area (Å²) in [6, 6.07) is 16.2. The van der Waals surface area contributed by atoms with Gasteiger partial charge in [-0.1, -0.05) is 19.1 Å².